The first-order valence-corrected chi connectivity index (χ1v) is 7.33. The van der Waals surface area contributed by atoms with Crippen molar-refractivity contribution >= 4 is 43.6 Å². The highest BCUT2D eigenvalue weighted by Crippen LogP contribution is 2.46. The molecule has 0 aromatic carbocycles. The van der Waals surface area contributed by atoms with E-state index in [0.29, 0.717) is 4.88 Å². The number of hydrogen-bond acceptors (Lipinski definition) is 4. The first-order valence-electron chi connectivity index (χ1n) is 5.63. The molecule has 0 aliphatic carbocycles. The van der Waals surface area contributed by atoms with Crippen molar-refractivity contribution in [2.45, 2.75) is 6.18 Å². The van der Waals surface area contributed by atoms with Crippen LogP contribution < -0.4 is 5.73 Å². The molecule has 3 aromatic rings. The molecule has 0 saturated carbocycles. The van der Waals surface area contributed by atoms with E-state index in [1.807, 2.05) is 0 Å². The van der Waals surface area contributed by atoms with E-state index in [1.165, 1.54) is 11.3 Å². The van der Waals surface area contributed by atoms with Crippen molar-refractivity contribution in [2.24, 2.45) is 0 Å². The Balaban J connectivity index is 2.40. The lowest BCUT2D eigenvalue weighted by Gasteiger charge is -2.10. The van der Waals surface area contributed by atoms with E-state index in [2.05, 4.69) is 9.83 Å². The molecule has 0 aliphatic heterocycles. The van der Waals surface area contributed by atoms with Crippen molar-refractivity contribution in [2.75, 3.05) is 5.73 Å². The minimum Gasteiger partial charge on any atom is -0.406 e. The van der Waals surface area contributed by atoms with Gasteiger partial charge in [0.1, 0.15) is 4.83 Å². The molecule has 0 amide bonds. The minimum atomic E-state index is -4.55. The molecule has 21 heavy (non-hydrogen) atoms. The zero-order valence-electron chi connectivity index (χ0n) is 10.2. The summed E-state index contributed by atoms with van der Waals surface area (Å²) in [5.74, 6) is 0. The van der Waals surface area contributed by atoms with Gasteiger partial charge in [-0.3, -0.25) is 0 Å². The predicted molar refractivity (Wildman–Crippen MR) is 78.6 cm³/mol. The second kappa shape index (κ2) is 4.72. The van der Waals surface area contributed by atoms with Crippen molar-refractivity contribution in [1.29, 1.82) is 0 Å². The summed E-state index contributed by atoms with van der Waals surface area (Å²) < 4.78 is 39.8. The summed E-state index contributed by atoms with van der Waals surface area (Å²) in [6, 6.07) is 4.43. The number of fused-ring (bicyclic) bond motifs is 1. The molecule has 0 radical (unpaired) electrons. The summed E-state index contributed by atoms with van der Waals surface area (Å²) in [5.41, 5.74) is 4.92. The number of pyridine rings is 1. The number of halogens is 3. The molecule has 8 heteroatoms. The van der Waals surface area contributed by atoms with Crippen LogP contribution in [0.25, 0.3) is 25.6 Å². The number of nitrogens with two attached hydrogens (primary N) is 1. The van der Waals surface area contributed by atoms with E-state index in [1.54, 1.807) is 17.5 Å². The first kappa shape index (κ1) is 13.9. The average Bonchev–Trinajstić information content (AvgIpc) is 3.05. The first-order chi connectivity index (χ1) is 9.91. The lowest BCUT2D eigenvalue weighted by molar-refractivity contribution is -0.136. The van der Waals surface area contributed by atoms with Crippen LogP contribution >= 0.6 is 22.7 Å². The van der Waals surface area contributed by atoms with Crippen LogP contribution in [0.2, 0.25) is 0 Å². The molecule has 0 fully saturated rings. The van der Waals surface area contributed by atoms with Crippen molar-refractivity contribution in [1.82, 2.24) is 4.98 Å². The molecular weight excluding hydrogens is 319 g/mol. The zero-order chi connectivity index (χ0) is 15.2. The Bertz CT molecular complexity index is 858. The Hall–Kier alpha value is -2.11. The normalized spacial score (nSPS) is 11.7. The van der Waals surface area contributed by atoms with E-state index in [0.717, 1.165) is 17.4 Å². The monoisotopic (exact) mass is 325 g/mol. The third-order valence-electron chi connectivity index (χ3n) is 2.86. The van der Waals surface area contributed by atoms with Gasteiger partial charge in [0.15, 0.2) is 0 Å². The van der Waals surface area contributed by atoms with E-state index in [-0.39, 0.29) is 26.6 Å². The Morgan fingerprint density at radius 2 is 2.10 bits per heavy atom. The molecule has 0 saturated heterocycles. The number of nitrogens with zero attached hydrogens (tertiary/aromatic N) is 2. The molecule has 0 spiro atoms. The lowest BCUT2D eigenvalue weighted by atomic mass is 10.1. The van der Waals surface area contributed by atoms with Crippen LogP contribution in [0.4, 0.5) is 23.9 Å². The van der Waals surface area contributed by atoms with Crippen molar-refractivity contribution in [3.8, 4) is 10.6 Å². The standard InChI is InChI=1S/C13H6F3N3S2/c1-18-12-10(17)9-6(13(14,15)16)5-7(19-11(9)21-12)8-3-2-4-20-8/h2-5H,17H2. The Morgan fingerprint density at radius 3 is 2.67 bits per heavy atom. The van der Waals surface area contributed by atoms with Crippen LogP contribution in [0.5, 0.6) is 0 Å². The van der Waals surface area contributed by atoms with Gasteiger partial charge in [0, 0.05) is 5.39 Å². The second-order valence-electron chi connectivity index (χ2n) is 4.14. The van der Waals surface area contributed by atoms with E-state index in [4.69, 9.17) is 12.3 Å². The van der Waals surface area contributed by atoms with Gasteiger partial charge < -0.3 is 5.73 Å². The molecular formula is C13H6F3N3S2. The van der Waals surface area contributed by atoms with Crippen molar-refractivity contribution in [3.63, 3.8) is 0 Å². The summed E-state index contributed by atoms with van der Waals surface area (Å²) in [6.07, 6.45) is -4.55. The van der Waals surface area contributed by atoms with Gasteiger partial charge in [0.05, 0.1) is 28.4 Å². The van der Waals surface area contributed by atoms with Gasteiger partial charge in [0.2, 0.25) is 0 Å². The van der Waals surface area contributed by atoms with Crippen LogP contribution in [0.15, 0.2) is 23.6 Å². The molecule has 3 aromatic heterocycles. The van der Waals surface area contributed by atoms with Crippen LogP contribution in [0.1, 0.15) is 5.56 Å². The zero-order valence-corrected chi connectivity index (χ0v) is 11.9. The van der Waals surface area contributed by atoms with Crippen LogP contribution in [-0.4, -0.2) is 4.98 Å². The Labute approximate surface area is 125 Å². The van der Waals surface area contributed by atoms with Gasteiger partial charge in [0.25, 0.3) is 5.00 Å². The molecule has 3 heterocycles. The van der Waals surface area contributed by atoms with E-state index < -0.39 is 11.7 Å². The largest absolute Gasteiger partial charge is 0.417 e. The van der Waals surface area contributed by atoms with Crippen molar-refractivity contribution < 1.29 is 13.2 Å². The van der Waals surface area contributed by atoms with Crippen molar-refractivity contribution in [3.05, 3.63) is 40.6 Å². The maximum absolute atomic E-state index is 13.3. The topological polar surface area (TPSA) is 43.3 Å². The Morgan fingerprint density at radius 1 is 1.33 bits per heavy atom. The van der Waals surface area contributed by atoms with Gasteiger partial charge in [-0.25, -0.2) is 9.83 Å². The predicted octanol–water partition coefficient (Wildman–Crippen LogP) is 5.18. The quantitative estimate of drug-likeness (QED) is 0.627. The molecule has 0 unspecified atom stereocenters. The lowest BCUT2D eigenvalue weighted by Crippen LogP contribution is -2.07. The molecule has 106 valence electrons. The highest BCUT2D eigenvalue weighted by molar-refractivity contribution is 7.23. The summed E-state index contributed by atoms with van der Waals surface area (Å²) in [4.78, 5) is 8.16. The summed E-state index contributed by atoms with van der Waals surface area (Å²) >= 11 is 2.18. The number of alkyl halides is 3. The van der Waals surface area contributed by atoms with Gasteiger partial charge in [-0.15, -0.1) is 22.7 Å². The van der Waals surface area contributed by atoms with Crippen LogP contribution in [0.3, 0.4) is 0 Å². The number of aromatic nitrogens is 1. The van der Waals surface area contributed by atoms with Gasteiger partial charge >= 0.3 is 6.18 Å². The second-order valence-corrected chi connectivity index (χ2v) is 6.07. The van der Waals surface area contributed by atoms with E-state index >= 15 is 0 Å². The van der Waals surface area contributed by atoms with E-state index in [9.17, 15) is 13.2 Å². The number of anilines is 1. The number of thiophene rings is 2. The van der Waals surface area contributed by atoms with Crippen LogP contribution in [0, 0.1) is 6.57 Å². The fourth-order valence-corrected chi connectivity index (χ4v) is 3.56. The molecule has 0 atom stereocenters. The third kappa shape index (κ3) is 2.24. The highest BCUT2D eigenvalue weighted by Gasteiger charge is 2.35. The molecule has 3 nitrogen and oxygen atoms in total. The summed E-state index contributed by atoms with van der Waals surface area (Å²) in [6.45, 7) is 6.98. The SMILES string of the molecule is [C-]#[N+]c1sc2nc(-c3cccs3)cc(C(F)(F)F)c2c1N. The minimum absolute atomic E-state index is 0.0336. The van der Waals surface area contributed by atoms with Gasteiger partial charge in [-0.05, 0) is 17.5 Å². The highest BCUT2D eigenvalue weighted by atomic mass is 32.1. The molecule has 0 bridgehead atoms. The summed E-state index contributed by atoms with van der Waals surface area (Å²) in [7, 11) is 0. The maximum Gasteiger partial charge on any atom is 0.417 e. The molecule has 3 rings (SSSR count). The molecule has 0 aliphatic rings. The average molecular weight is 325 g/mol. The van der Waals surface area contributed by atoms with Crippen LogP contribution in [-0.2, 0) is 6.18 Å². The maximum atomic E-state index is 13.3. The fraction of sp³-hybridized carbons (Fsp3) is 0.0769. The number of rotatable bonds is 1. The number of hydrogen-bond donors (Lipinski definition) is 1. The smallest absolute Gasteiger partial charge is 0.406 e. The Kier molecular flexibility index (Phi) is 3.11. The molecule has 2 N–H and O–H groups in total. The van der Waals surface area contributed by atoms with Gasteiger partial charge in [-0.1, -0.05) is 6.07 Å². The fourth-order valence-electron chi connectivity index (χ4n) is 1.97. The number of nitrogen functional groups attached to an aromatic ring is 1. The summed E-state index contributed by atoms with van der Waals surface area (Å²) in [5, 5.41) is 1.62. The third-order valence-corrected chi connectivity index (χ3v) is 4.75. The van der Waals surface area contributed by atoms with Gasteiger partial charge in [-0.2, -0.15) is 13.2 Å².